The summed E-state index contributed by atoms with van der Waals surface area (Å²) in [5.41, 5.74) is -1.69. The highest BCUT2D eigenvalue weighted by Crippen LogP contribution is 2.23. The number of carbonyl (C=O) groups is 3. The van der Waals surface area contributed by atoms with E-state index in [1.165, 1.54) is 56.4 Å². The standard InChI is InChI=1S/C15H25N2O4S2/c1-7-23-8-13(16(4)11(2)19)14(21)15(9-18,10-22-6)17(5)12(3)20/h13H,7-8,10H2,1-6H3. The van der Waals surface area contributed by atoms with Crippen LogP contribution in [-0.2, 0) is 19.2 Å². The first-order valence-corrected chi connectivity index (χ1v) is 9.72. The second-order valence-electron chi connectivity index (χ2n) is 5.14. The van der Waals surface area contributed by atoms with Crippen molar-refractivity contribution in [3.05, 3.63) is 0 Å². The average Bonchev–Trinajstić information content (AvgIpc) is 2.51. The molecule has 0 rings (SSSR count). The van der Waals surface area contributed by atoms with Crippen molar-refractivity contribution >= 4 is 47.4 Å². The summed E-state index contributed by atoms with van der Waals surface area (Å²) >= 11 is 2.78. The zero-order valence-electron chi connectivity index (χ0n) is 14.5. The number of carbonyl (C=O) groups excluding carboxylic acids is 4. The normalized spacial score (nSPS) is 14.5. The molecule has 0 spiro atoms. The Morgan fingerprint density at radius 3 is 2.09 bits per heavy atom. The van der Waals surface area contributed by atoms with Crippen molar-refractivity contribution in [1.82, 2.24) is 9.80 Å². The third kappa shape index (κ3) is 5.24. The number of likely N-dealkylation sites (N-methyl/N-ethyl adjacent to an activating group) is 2. The molecular weight excluding hydrogens is 336 g/mol. The molecule has 0 fully saturated rings. The van der Waals surface area contributed by atoms with Gasteiger partial charge in [-0.3, -0.25) is 19.2 Å². The van der Waals surface area contributed by atoms with Crippen molar-refractivity contribution in [1.29, 1.82) is 0 Å². The van der Waals surface area contributed by atoms with Gasteiger partial charge in [-0.2, -0.15) is 23.5 Å². The van der Waals surface area contributed by atoms with Crippen LogP contribution in [0.15, 0.2) is 0 Å². The molecule has 1 radical (unpaired) electrons. The van der Waals surface area contributed by atoms with Gasteiger partial charge in [-0.25, -0.2) is 0 Å². The van der Waals surface area contributed by atoms with Gasteiger partial charge in [-0.1, -0.05) is 6.92 Å². The number of hydrogen-bond acceptors (Lipinski definition) is 6. The highest BCUT2D eigenvalue weighted by molar-refractivity contribution is 7.99. The van der Waals surface area contributed by atoms with Crippen molar-refractivity contribution in [2.75, 3.05) is 37.6 Å². The second-order valence-corrected chi connectivity index (χ2v) is 7.33. The fourth-order valence-corrected chi connectivity index (χ4v) is 3.69. The number of nitrogens with zero attached hydrogens (tertiary/aromatic N) is 2. The van der Waals surface area contributed by atoms with Crippen LogP contribution in [0, 0.1) is 0 Å². The van der Waals surface area contributed by atoms with Gasteiger partial charge >= 0.3 is 0 Å². The summed E-state index contributed by atoms with van der Waals surface area (Å²) in [6.45, 7) is 4.61. The van der Waals surface area contributed by atoms with Crippen LogP contribution >= 0.6 is 23.5 Å². The molecular formula is C15H25N2O4S2. The molecule has 0 aliphatic carbocycles. The van der Waals surface area contributed by atoms with E-state index in [9.17, 15) is 19.2 Å². The average molecular weight is 362 g/mol. The quantitative estimate of drug-likeness (QED) is 0.537. The van der Waals surface area contributed by atoms with Crippen molar-refractivity contribution in [3.8, 4) is 0 Å². The Morgan fingerprint density at radius 1 is 1.17 bits per heavy atom. The maximum atomic E-state index is 13.1. The molecule has 131 valence electrons. The zero-order chi connectivity index (χ0) is 18.2. The molecule has 2 unspecified atom stereocenters. The first-order valence-electron chi connectivity index (χ1n) is 7.17. The number of ketones is 1. The molecule has 0 N–H and O–H groups in total. The molecule has 0 aliphatic rings. The van der Waals surface area contributed by atoms with Gasteiger partial charge in [0.2, 0.25) is 18.1 Å². The van der Waals surface area contributed by atoms with Gasteiger partial charge in [0.15, 0.2) is 11.3 Å². The predicted octanol–water partition coefficient (Wildman–Crippen LogP) is 0.845. The number of rotatable bonds is 10. The molecule has 23 heavy (non-hydrogen) atoms. The summed E-state index contributed by atoms with van der Waals surface area (Å²) in [5, 5.41) is 0. The van der Waals surface area contributed by atoms with Crippen LogP contribution in [0.4, 0.5) is 0 Å². The van der Waals surface area contributed by atoms with E-state index in [1.807, 2.05) is 6.92 Å². The van der Waals surface area contributed by atoms with Crippen LogP contribution in [0.1, 0.15) is 20.8 Å². The van der Waals surface area contributed by atoms with Gasteiger partial charge in [-0.05, 0) is 12.0 Å². The molecule has 0 aromatic heterocycles. The lowest BCUT2D eigenvalue weighted by atomic mass is 9.90. The highest BCUT2D eigenvalue weighted by atomic mass is 32.2. The van der Waals surface area contributed by atoms with Gasteiger partial charge in [0.1, 0.15) is 6.04 Å². The summed E-state index contributed by atoms with van der Waals surface area (Å²) in [7, 11) is 2.95. The van der Waals surface area contributed by atoms with Gasteiger partial charge < -0.3 is 9.80 Å². The number of thioether (sulfide) groups is 2. The maximum absolute atomic E-state index is 13.1. The van der Waals surface area contributed by atoms with Crippen LogP contribution in [0.25, 0.3) is 0 Å². The minimum absolute atomic E-state index is 0.102. The maximum Gasteiger partial charge on any atom is 0.235 e. The Kier molecular flexibility index (Phi) is 9.53. The van der Waals surface area contributed by atoms with E-state index in [0.717, 1.165) is 10.7 Å². The monoisotopic (exact) mass is 361 g/mol. The molecule has 0 saturated carbocycles. The molecule has 0 aromatic carbocycles. The topological polar surface area (TPSA) is 74.8 Å². The molecule has 0 aromatic rings. The van der Waals surface area contributed by atoms with Crippen LogP contribution in [0.3, 0.4) is 0 Å². The largest absolute Gasteiger partial charge is 0.335 e. The molecule has 2 atom stereocenters. The third-order valence-electron chi connectivity index (χ3n) is 3.72. The Balaban J connectivity index is 5.87. The summed E-state index contributed by atoms with van der Waals surface area (Å²) in [4.78, 5) is 50.7. The molecule has 2 amide bonds. The van der Waals surface area contributed by atoms with E-state index >= 15 is 0 Å². The minimum Gasteiger partial charge on any atom is -0.335 e. The van der Waals surface area contributed by atoms with Crippen molar-refractivity contribution in [2.24, 2.45) is 0 Å². The molecule has 8 heteroatoms. The number of hydrogen-bond donors (Lipinski definition) is 0. The van der Waals surface area contributed by atoms with E-state index in [4.69, 9.17) is 0 Å². The minimum atomic E-state index is -1.69. The predicted molar refractivity (Wildman–Crippen MR) is 95.5 cm³/mol. The summed E-state index contributed by atoms with van der Waals surface area (Å²) in [5.74, 6) is 0.105. The zero-order valence-corrected chi connectivity index (χ0v) is 16.2. The van der Waals surface area contributed by atoms with Crippen LogP contribution in [-0.4, -0.2) is 82.9 Å². The Bertz CT molecular complexity index is 459. The van der Waals surface area contributed by atoms with Gasteiger partial charge in [0, 0.05) is 39.4 Å². The fraction of sp³-hybridized carbons (Fsp3) is 0.733. The van der Waals surface area contributed by atoms with E-state index in [1.54, 1.807) is 12.5 Å². The van der Waals surface area contributed by atoms with Gasteiger partial charge in [0.05, 0.1) is 0 Å². The summed E-state index contributed by atoms with van der Waals surface area (Å²) in [6.07, 6.45) is 3.53. The van der Waals surface area contributed by atoms with E-state index in [2.05, 4.69) is 0 Å². The molecule has 0 heterocycles. The van der Waals surface area contributed by atoms with E-state index in [-0.39, 0.29) is 11.7 Å². The van der Waals surface area contributed by atoms with Crippen LogP contribution in [0.2, 0.25) is 0 Å². The first-order chi connectivity index (χ1) is 10.7. The first kappa shape index (κ1) is 22.0. The summed E-state index contributed by atoms with van der Waals surface area (Å²) in [6, 6.07) is -0.784. The van der Waals surface area contributed by atoms with Crippen molar-refractivity contribution < 1.29 is 19.2 Å². The van der Waals surface area contributed by atoms with Crippen molar-refractivity contribution in [2.45, 2.75) is 32.4 Å². The fourth-order valence-electron chi connectivity index (χ4n) is 2.05. The molecule has 0 saturated heterocycles. The molecule has 6 nitrogen and oxygen atoms in total. The Hall–Kier alpha value is -1.02. The van der Waals surface area contributed by atoms with Crippen LogP contribution in [0.5, 0.6) is 0 Å². The van der Waals surface area contributed by atoms with Crippen LogP contribution < -0.4 is 0 Å². The number of Topliss-reactive ketones (excluding diaryl/α,β-unsaturated/α-hetero) is 1. The SMILES string of the molecule is CCSCC(C(=O)C([C]=O)(CSC)N(C)C(C)=O)N(C)C(C)=O. The summed E-state index contributed by atoms with van der Waals surface area (Å²) < 4.78 is 0. The van der Waals surface area contributed by atoms with Gasteiger partial charge in [-0.15, -0.1) is 0 Å². The van der Waals surface area contributed by atoms with Gasteiger partial charge in [0.25, 0.3) is 0 Å². The number of amides is 2. The van der Waals surface area contributed by atoms with E-state index in [0.29, 0.717) is 5.75 Å². The second kappa shape index (κ2) is 9.97. The lowest BCUT2D eigenvalue weighted by Crippen LogP contribution is -2.64. The lowest BCUT2D eigenvalue weighted by Gasteiger charge is -2.38. The Labute approximate surface area is 146 Å². The third-order valence-corrected chi connectivity index (χ3v) is 5.39. The Morgan fingerprint density at radius 2 is 1.74 bits per heavy atom. The highest BCUT2D eigenvalue weighted by Gasteiger charge is 2.48. The smallest absolute Gasteiger partial charge is 0.235 e. The van der Waals surface area contributed by atoms with Crippen molar-refractivity contribution in [3.63, 3.8) is 0 Å². The van der Waals surface area contributed by atoms with E-state index < -0.39 is 23.3 Å². The molecule has 0 aliphatic heterocycles. The lowest BCUT2D eigenvalue weighted by molar-refractivity contribution is -0.143. The molecule has 0 bridgehead atoms.